The molecule has 1 aromatic heterocycles. The molecule has 4 heteroatoms. The topological polar surface area (TPSA) is 22.1 Å². The third-order valence-corrected chi connectivity index (χ3v) is 5.96. The van der Waals surface area contributed by atoms with E-state index >= 15 is 0 Å². The largest absolute Gasteiger partial charge is 0.481 e. The maximum atomic E-state index is 5.08. The van der Waals surface area contributed by atoms with Gasteiger partial charge in [0.2, 0.25) is 5.88 Å². The van der Waals surface area contributed by atoms with E-state index in [0.29, 0.717) is 5.88 Å². The van der Waals surface area contributed by atoms with Crippen molar-refractivity contribution in [3.05, 3.63) is 73.8 Å². The highest BCUT2D eigenvalue weighted by atomic mass is 127. The molecule has 0 saturated heterocycles. The number of halogens is 1. The van der Waals surface area contributed by atoms with Crippen molar-refractivity contribution in [1.82, 2.24) is 4.98 Å². The molecule has 1 heterocycles. The van der Waals surface area contributed by atoms with Crippen molar-refractivity contribution in [2.75, 3.05) is 7.11 Å². The highest BCUT2D eigenvalue weighted by molar-refractivity contribution is 14.1. The van der Waals surface area contributed by atoms with Gasteiger partial charge in [0.1, 0.15) is 0 Å². The van der Waals surface area contributed by atoms with Gasteiger partial charge in [0.15, 0.2) is 0 Å². The lowest BCUT2D eigenvalue weighted by atomic mass is 10.00. The van der Waals surface area contributed by atoms with E-state index in [-0.39, 0.29) is 0 Å². The minimum atomic E-state index is 0.618. The van der Waals surface area contributed by atoms with Crippen LogP contribution in [-0.2, 0) is 6.42 Å². The molecule has 126 valence electrons. The molecule has 1 aromatic carbocycles. The number of hydrogen-bond donors (Lipinski definition) is 0. The van der Waals surface area contributed by atoms with E-state index in [9.17, 15) is 0 Å². The Bertz CT molecular complexity index is 766. The highest BCUT2D eigenvalue weighted by Gasteiger charge is 2.05. The predicted octanol–water partition coefficient (Wildman–Crippen LogP) is 6.16. The molecule has 0 amide bonds. The number of methoxy groups -OCH3 is 1. The van der Waals surface area contributed by atoms with Gasteiger partial charge in [-0.15, -0.1) is 0 Å². The monoisotopic (exact) mass is 451 g/mol. The molecule has 0 unspecified atom stereocenters. The molecule has 0 spiro atoms. The Morgan fingerprint density at radius 1 is 1.29 bits per heavy atom. The molecular formula is C20H22INOS. The van der Waals surface area contributed by atoms with Gasteiger partial charge < -0.3 is 4.74 Å². The van der Waals surface area contributed by atoms with E-state index in [4.69, 9.17) is 4.74 Å². The zero-order valence-corrected chi connectivity index (χ0v) is 17.5. The van der Waals surface area contributed by atoms with Crippen molar-refractivity contribution in [1.29, 1.82) is 0 Å². The summed E-state index contributed by atoms with van der Waals surface area (Å²) >= 11 is 4.04. The third kappa shape index (κ3) is 5.11. The third-order valence-electron chi connectivity index (χ3n) is 3.76. The zero-order valence-electron chi connectivity index (χ0n) is 14.5. The second-order valence-electron chi connectivity index (χ2n) is 5.80. The van der Waals surface area contributed by atoms with Gasteiger partial charge in [-0.1, -0.05) is 30.0 Å². The number of thioether (sulfide) groups is 1. The minimum absolute atomic E-state index is 0.618. The normalized spacial score (nSPS) is 11.5. The van der Waals surface area contributed by atoms with Gasteiger partial charge in [0.25, 0.3) is 0 Å². The van der Waals surface area contributed by atoms with Gasteiger partial charge in [-0.3, -0.25) is 0 Å². The van der Waals surface area contributed by atoms with Crippen molar-refractivity contribution >= 4 is 39.3 Å². The first kappa shape index (κ1) is 19.1. The minimum Gasteiger partial charge on any atom is -0.481 e. The number of rotatable bonds is 6. The summed E-state index contributed by atoms with van der Waals surface area (Å²) in [5.41, 5.74) is 6.42. The number of hydrogen-bond acceptors (Lipinski definition) is 3. The molecule has 2 rings (SSSR count). The summed E-state index contributed by atoms with van der Waals surface area (Å²) in [7, 11) is 1.62. The molecule has 2 aromatic rings. The quantitative estimate of drug-likeness (QED) is 0.491. The predicted molar refractivity (Wildman–Crippen MR) is 114 cm³/mol. The van der Waals surface area contributed by atoms with Gasteiger partial charge in [-0.2, -0.15) is 0 Å². The first-order valence-electron chi connectivity index (χ1n) is 7.68. The fourth-order valence-electron chi connectivity index (χ4n) is 2.28. The fraction of sp³-hybridized carbons (Fsp3) is 0.250. The van der Waals surface area contributed by atoms with E-state index in [0.717, 1.165) is 16.9 Å². The van der Waals surface area contributed by atoms with E-state index < -0.39 is 0 Å². The Morgan fingerprint density at radius 2 is 2.04 bits per heavy atom. The van der Waals surface area contributed by atoms with E-state index in [2.05, 4.69) is 72.5 Å². The van der Waals surface area contributed by atoms with E-state index in [1.807, 2.05) is 12.1 Å². The Balaban J connectivity index is 2.03. The average Bonchev–Trinajstić information content (AvgIpc) is 2.57. The van der Waals surface area contributed by atoms with Crippen molar-refractivity contribution in [3.63, 3.8) is 0 Å². The number of nitrogens with zero attached hydrogens (tertiary/aromatic N) is 1. The molecule has 0 bridgehead atoms. The van der Waals surface area contributed by atoms with Crippen LogP contribution in [0.2, 0.25) is 0 Å². The van der Waals surface area contributed by atoms with Crippen molar-refractivity contribution in [2.24, 2.45) is 0 Å². The molecule has 0 saturated carbocycles. The first-order chi connectivity index (χ1) is 11.4. The lowest BCUT2D eigenvalue weighted by molar-refractivity contribution is 0.398. The van der Waals surface area contributed by atoms with E-state index in [1.54, 1.807) is 25.1 Å². The number of ether oxygens (including phenoxy) is 1. The molecule has 0 N–H and O–H groups in total. The molecule has 0 aliphatic carbocycles. The van der Waals surface area contributed by atoms with Crippen LogP contribution in [0.25, 0.3) is 4.91 Å². The smallest absolute Gasteiger partial charge is 0.212 e. The molecular weight excluding hydrogens is 429 g/mol. The lowest BCUT2D eigenvalue weighted by Gasteiger charge is -2.10. The second kappa shape index (κ2) is 8.72. The number of pyridine rings is 1. The van der Waals surface area contributed by atoms with Crippen molar-refractivity contribution in [2.45, 2.75) is 27.2 Å². The maximum absolute atomic E-state index is 5.08. The summed E-state index contributed by atoms with van der Waals surface area (Å²) in [5.74, 6) is 0.618. The summed E-state index contributed by atoms with van der Waals surface area (Å²) in [4.78, 5) is 5.21. The summed E-state index contributed by atoms with van der Waals surface area (Å²) in [6, 6.07) is 8.39. The van der Waals surface area contributed by atoms with Crippen LogP contribution < -0.4 is 4.74 Å². The van der Waals surface area contributed by atoms with E-state index in [1.165, 1.54) is 25.8 Å². The summed E-state index contributed by atoms with van der Waals surface area (Å²) in [6.07, 6.45) is 2.76. The number of aryl methyl sites for hydroxylation is 2. The first-order valence-corrected chi connectivity index (χ1v) is 9.63. The van der Waals surface area contributed by atoms with Crippen LogP contribution in [0.1, 0.15) is 29.2 Å². The molecule has 0 aliphatic heterocycles. The van der Waals surface area contributed by atoms with Gasteiger partial charge in [-0.25, -0.2) is 4.98 Å². The standard InChI is InChI=1S/C20H22INOS/c1-13(8-18-9-15(3)19(21)10-14(18)2)12-24-16(4)17-6-7-20(23-5)22-11-17/h6-7,9-12H,4,8H2,1-3,5H3/b13-12+. The fourth-order valence-corrected chi connectivity index (χ4v) is 3.59. The van der Waals surface area contributed by atoms with Gasteiger partial charge >= 0.3 is 0 Å². The van der Waals surface area contributed by atoms with Gasteiger partial charge in [0.05, 0.1) is 7.11 Å². The van der Waals surface area contributed by atoms with Crippen LogP contribution in [0.3, 0.4) is 0 Å². The number of aromatic nitrogens is 1. The van der Waals surface area contributed by atoms with Crippen molar-refractivity contribution < 1.29 is 4.74 Å². The van der Waals surface area contributed by atoms with Crippen LogP contribution in [0.4, 0.5) is 0 Å². The van der Waals surface area contributed by atoms with Crippen molar-refractivity contribution in [3.8, 4) is 5.88 Å². The van der Waals surface area contributed by atoms with Gasteiger partial charge in [-0.05, 0) is 84.0 Å². The second-order valence-corrected chi connectivity index (χ2v) is 7.93. The molecule has 0 atom stereocenters. The van der Waals surface area contributed by atoms with Gasteiger partial charge in [0, 0.05) is 26.3 Å². The molecule has 0 fully saturated rings. The Labute approximate surface area is 162 Å². The molecule has 24 heavy (non-hydrogen) atoms. The van der Waals surface area contributed by atoms with Crippen LogP contribution in [0, 0.1) is 17.4 Å². The van der Waals surface area contributed by atoms with Crippen LogP contribution in [0.5, 0.6) is 5.88 Å². The zero-order chi connectivity index (χ0) is 17.7. The lowest BCUT2D eigenvalue weighted by Crippen LogP contribution is -1.94. The Kier molecular flexibility index (Phi) is 6.92. The number of allylic oxidation sites excluding steroid dienone is 1. The Hall–Kier alpha value is -1.27. The molecule has 0 radical (unpaired) electrons. The average molecular weight is 451 g/mol. The molecule has 2 nitrogen and oxygen atoms in total. The number of benzene rings is 1. The molecule has 0 aliphatic rings. The summed E-state index contributed by atoms with van der Waals surface area (Å²) < 4.78 is 6.41. The van der Waals surface area contributed by atoms with Crippen LogP contribution in [0.15, 0.2) is 48.0 Å². The highest BCUT2D eigenvalue weighted by Crippen LogP contribution is 2.29. The maximum Gasteiger partial charge on any atom is 0.212 e. The summed E-state index contributed by atoms with van der Waals surface area (Å²) in [6.45, 7) is 10.6. The Morgan fingerprint density at radius 3 is 2.67 bits per heavy atom. The summed E-state index contributed by atoms with van der Waals surface area (Å²) in [5, 5.41) is 2.18. The van der Waals surface area contributed by atoms with Crippen LogP contribution in [-0.4, -0.2) is 12.1 Å². The van der Waals surface area contributed by atoms with Crippen LogP contribution >= 0.6 is 34.4 Å². The SMILES string of the molecule is C=C(S/C=C(\C)Cc1cc(C)c(I)cc1C)c1ccc(OC)nc1.